The Hall–Kier alpha value is -1.82. The summed E-state index contributed by atoms with van der Waals surface area (Å²) in [6.07, 6.45) is 0. The fourth-order valence-corrected chi connectivity index (χ4v) is 0.963. The average Bonchev–Trinajstić information content (AvgIpc) is 2.08. The van der Waals surface area contributed by atoms with E-state index in [1.807, 2.05) is 19.9 Å². The van der Waals surface area contributed by atoms with Gasteiger partial charge in [-0.3, -0.25) is 4.99 Å². The maximum absolute atomic E-state index is 9.41. The molecule has 0 unspecified atom stereocenters. The van der Waals surface area contributed by atoms with Gasteiger partial charge in [0.15, 0.2) is 0 Å². The SMILES string of the molecule is CC(C)=Nc1c(O)cccc1C#N. The molecule has 0 aliphatic carbocycles. The molecule has 0 fully saturated rings. The number of hydrogen-bond donors (Lipinski definition) is 1. The van der Waals surface area contributed by atoms with Crippen LogP contribution in [-0.2, 0) is 0 Å². The Bertz CT molecular complexity index is 384. The zero-order valence-corrected chi connectivity index (χ0v) is 7.57. The monoisotopic (exact) mass is 174 g/mol. The summed E-state index contributed by atoms with van der Waals surface area (Å²) >= 11 is 0. The topological polar surface area (TPSA) is 56.4 Å². The third-order valence-electron chi connectivity index (χ3n) is 1.47. The molecular weight excluding hydrogens is 164 g/mol. The second-order valence-corrected chi connectivity index (χ2v) is 2.84. The molecule has 3 heteroatoms. The highest BCUT2D eigenvalue weighted by Crippen LogP contribution is 2.29. The molecule has 0 saturated heterocycles. The standard InChI is InChI=1S/C10H10N2O/c1-7(2)12-10-8(6-11)4-3-5-9(10)13/h3-5,13H,1-2H3. The molecule has 0 radical (unpaired) electrons. The van der Waals surface area contributed by atoms with Gasteiger partial charge in [-0.25, -0.2) is 0 Å². The maximum Gasteiger partial charge on any atom is 0.142 e. The minimum absolute atomic E-state index is 0.0419. The van der Waals surface area contributed by atoms with Crippen molar-refractivity contribution >= 4 is 11.4 Å². The first-order valence-corrected chi connectivity index (χ1v) is 3.89. The van der Waals surface area contributed by atoms with Gasteiger partial charge in [-0.2, -0.15) is 5.26 Å². The Balaban J connectivity index is 3.34. The van der Waals surface area contributed by atoms with Crippen LogP contribution in [0.2, 0.25) is 0 Å². The van der Waals surface area contributed by atoms with E-state index < -0.39 is 0 Å². The molecule has 0 heterocycles. The zero-order chi connectivity index (χ0) is 9.84. The Kier molecular flexibility index (Phi) is 2.65. The predicted molar refractivity (Wildman–Crippen MR) is 51.3 cm³/mol. The molecule has 1 rings (SSSR count). The zero-order valence-electron chi connectivity index (χ0n) is 7.57. The molecule has 0 atom stereocenters. The number of para-hydroxylation sites is 1. The van der Waals surface area contributed by atoms with E-state index in [4.69, 9.17) is 5.26 Å². The van der Waals surface area contributed by atoms with Gasteiger partial charge >= 0.3 is 0 Å². The Morgan fingerprint density at radius 3 is 2.69 bits per heavy atom. The number of phenolic OH excluding ortho intramolecular Hbond substituents is 1. The summed E-state index contributed by atoms with van der Waals surface area (Å²) < 4.78 is 0. The number of nitriles is 1. The van der Waals surface area contributed by atoms with Gasteiger partial charge in [-0.15, -0.1) is 0 Å². The van der Waals surface area contributed by atoms with E-state index in [-0.39, 0.29) is 5.75 Å². The van der Waals surface area contributed by atoms with Gasteiger partial charge in [0.25, 0.3) is 0 Å². The van der Waals surface area contributed by atoms with Gasteiger partial charge in [-0.1, -0.05) is 6.07 Å². The summed E-state index contributed by atoms with van der Waals surface area (Å²) in [6, 6.07) is 6.74. The smallest absolute Gasteiger partial charge is 0.142 e. The number of aromatic hydroxyl groups is 1. The summed E-state index contributed by atoms with van der Waals surface area (Å²) in [7, 11) is 0. The fraction of sp³-hybridized carbons (Fsp3) is 0.200. The van der Waals surface area contributed by atoms with E-state index in [2.05, 4.69) is 4.99 Å². The van der Waals surface area contributed by atoms with Crippen LogP contribution in [0.1, 0.15) is 19.4 Å². The largest absolute Gasteiger partial charge is 0.506 e. The Labute approximate surface area is 77.0 Å². The van der Waals surface area contributed by atoms with Crippen LogP contribution in [0, 0.1) is 11.3 Å². The number of rotatable bonds is 1. The van der Waals surface area contributed by atoms with E-state index in [1.165, 1.54) is 6.07 Å². The van der Waals surface area contributed by atoms with Crippen molar-refractivity contribution in [1.82, 2.24) is 0 Å². The average molecular weight is 174 g/mol. The van der Waals surface area contributed by atoms with Crippen LogP contribution in [0.5, 0.6) is 5.75 Å². The maximum atomic E-state index is 9.41. The Morgan fingerprint density at radius 1 is 1.46 bits per heavy atom. The normalized spacial score (nSPS) is 9.00. The fourth-order valence-electron chi connectivity index (χ4n) is 0.963. The van der Waals surface area contributed by atoms with Crippen molar-refractivity contribution in [3.63, 3.8) is 0 Å². The predicted octanol–water partition coefficient (Wildman–Crippen LogP) is 2.38. The van der Waals surface area contributed by atoms with Crippen LogP contribution >= 0.6 is 0 Å². The van der Waals surface area contributed by atoms with Crippen molar-refractivity contribution in [2.45, 2.75) is 13.8 Å². The lowest BCUT2D eigenvalue weighted by atomic mass is 10.2. The molecule has 0 bridgehead atoms. The van der Waals surface area contributed by atoms with E-state index >= 15 is 0 Å². The molecule has 1 aromatic carbocycles. The number of hydrogen-bond acceptors (Lipinski definition) is 3. The van der Waals surface area contributed by atoms with E-state index in [9.17, 15) is 5.11 Å². The van der Waals surface area contributed by atoms with Gasteiger partial charge in [-0.05, 0) is 26.0 Å². The third-order valence-corrected chi connectivity index (χ3v) is 1.47. The lowest BCUT2D eigenvalue weighted by molar-refractivity contribution is 0.476. The van der Waals surface area contributed by atoms with Crippen LogP contribution in [-0.4, -0.2) is 10.8 Å². The molecule has 13 heavy (non-hydrogen) atoms. The second-order valence-electron chi connectivity index (χ2n) is 2.84. The summed E-state index contributed by atoms with van der Waals surface area (Å²) in [5, 5.41) is 18.1. The van der Waals surface area contributed by atoms with Crippen molar-refractivity contribution in [3.8, 4) is 11.8 Å². The molecule has 0 spiro atoms. The number of phenols is 1. The third kappa shape index (κ3) is 2.06. The van der Waals surface area contributed by atoms with E-state index in [1.54, 1.807) is 12.1 Å². The summed E-state index contributed by atoms with van der Waals surface area (Å²) in [4.78, 5) is 4.07. The summed E-state index contributed by atoms with van der Waals surface area (Å²) in [6.45, 7) is 3.63. The van der Waals surface area contributed by atoms with Crippen LogP contribution in [0.3, 0.4) is 0 Å². The first-order chi connectivity index (χ1) is 6.15. The molecule has 0 aromatic heterocycles. The van der Waals surface area contributed by atoms with Gasteiger partial charge in [0.05, 0.1) is 5.56 Å². The van der Waals surface area contributed by atoms with Gasteiger partial charge in [0, 0.05) is 5.71 Å². The highest BCUT2D eigenvalue weighted by atomic mass is 16.3. The quantitative estimate of drug-likeness (QED) is 0.664. The van der Waals surface area contributed by atoms with Crippen LogP contribution in [0.4, 0.5) is 5.69 Å². The van der Waals surface area contributed by atoms with Crippen molar-refractivity contribution < 1.29 is 5.11 Å². The van der Waals surface area contributed by atoms with Crippen LogP contribution < -0.4 is 0 Å². The summed E-state index contributed by atoms with van der Waals surface area (Å²) in [5.41, 5.74) is 1.55. The van der Waals surface area contributed by atoms with Crippen molar-refractivity contribution in [1.29, 1.82) is 5.26 Å². The Morgan fingerprint density at radius 2 is 2.15 bits per heavy atom. The number of aliphatic imine (C=N–C) groups is 1. The van der Waals surface area contributed by atoms with Gasteiger partial charge in [0.1, 0.15) is 17.5 Å². The molecule has 66 valence electrons. The van der Waals surface area contributed by atoms with Crippen molar-refractivity contribution in [3.05, 3.63) is 23.8 Å². The first kappa shape index (κ1) is 9.27. The van der Waals surface area contributed by atoms with Gasteiger partial charge in [0.2, 0.25) is 0 Å². The first-order valence-electron chi connectivity index (χ1n) is 3.89. The highest BCUT2D eigenvalue weighted by Gasteiger charge is 2.04. The van der Waals surface area contributed by atoms with E-state index in [0.29, 0.717) is 11.3 Å². The molecule has 3 nitrogen and oxygen atoms in total. The number of benzene rings is 1. The second kappa shape index (κ2) is 3.72. The van der Waals surface area contributed by atoms with E-state index in [0.717, 1.165) is 5.71 Å². The minimum Gasteiger partial charge on any atom is -0.506 e. The van der Waals surface area contributed by atoms with Crippen molar-refractivity contribution in [2.75, 3.05) is 0 Å². The van der Waals surface area contributed by atoms with Crippen LogP contribution in [0.15, 0.2) is 23.2 Å². The molecular formula is C10H10N2O. The lowest BCUT2D eigenvalue weighted by Crippen LogP contribution is -1.82. The van der Waals surface area contributed by atoms with Crippen molar-refractivity contribution in [2.24, 2.45) is 4.99 Å². The number of nitrogens with zero attached hydrogens (tertiary/aromatic N) is 2. The van der Waals surface area contributed by atoms with Gasteiger partial charge < -0.3 is 5.11 Å². The van der Waals surface area contributed by atoms with Crippen LogP contribution in [0.25, 0.3) is 0 Å². The highest BCUT2D eigenvalue weighted by molar-refractivity contribution is 5.84. The molecule has 0 saturated carbocycles. The lowest BCUT2D eigenvalue weighted by Gasteiger charge is -2.00. The molecule has 0 aliphatic heterocycles. The molecule has 0 amide bonds. The molecule has 1 N–H and O–H groups in total. The minimum atomic E-state index is 0.0419. The summed E-state index contributed by atoms with van der Waals surface area (Å²) in [5.74, 6) is 0.0419. The molecule has 0 aliphatic rings. The molecule has 1 aromatic rings.